The molecule has 1 saturated heterocycles. The number of likely N-dealkylation sites (tertiary alicyclic amines) is 1. The summed E-state index contributed by atoms with van der Waals surface area (Å²) in [5.74, 6) is 0.779. The molecule has 0 amide bonds. The molecule has 3 heterocycles. The molecular formula is C14H17BrN4S. The molecule has 1 atom stereocenters. The smallest absolute Gasteiger partial charge is 0.0959 e. The van der Waals surface area contributed by atoms with Gasteiger partial charge in [0.15, 0.2) is 0 Å². The van der Waals surface area contributed by atoms with Gasteiger partial charge in [-0.05, 0) is 35.2 Å². The van der Waals surface area contributed by atoms with Gasteiger partial charge >= 0.3 is 0 Å². The second kappa shape index (κ2) is 5.24. The average molecular weight is 353 g/mol. The summed E-state index contributed by atoms with van der Waals surface area (Å²) < 4.78 is 3.15. The van der Waals surface area contributed by atoms with Crippen LogP contribution in [-0.2, 0) is 6.54 Å². The first-order valence-electron chi connectivity index (χ1n) is 7.14. The van der Waals surface area contributed by atoms with Gasteiger partial charge in [0, 0.05) is 42.8 Å². The second-order valence-electron chi connectivity index (χ2n) is 5.76. The number of thiazole rings is 1. The van der Waals surface area contributed by atoms with Gasteiger partial charge in [0.05, 0.1) is 21.7 Å². The van der Waals surface area contributed by atoms with Crippen LogP contribution < -0.4 is 0 Å². The van der Waals surface area contributed by atoms with Crippen molar-refractivity contribution in [1.82, 2.24) is 19.7 Å². The third kappa shape index (κ3) is 2.69. The monoisotopic (exact) mass is 352 g/mol. The van der Waals surface area contributed by atoms with Gasteiger partial charge in [-0.1, -0.05) is 0 Å². The summed E-state index contributed by atoms with van der Waals surface area (Å²) in [6.07, 6.45) is 9.89. The van der Waals surface area contributed by atoms with Crippen LogP contribution in [0.15, 0.2) is 23.1 Å². The van der Waals surface area contributed by atoms with Crippen molar-refractivity contribution in [3.05, 3.63) is 32.9 Å². The summed E-state index contributed by atoms with van der Waals surface area (Å²) in [5, 5.41) is 5.76. The number of rotatable bonds is 4. The number of aromatic nitrogens is 3. The molecule has 0 bridgehead atoms. The maximum absolute atomic E-state index is 4.57. The zero-order valence-electron chi connectivity index (χ0n) is 11.2. The molecule has 2 aromatic heterocycles. The average Bonchev–Trinajstić information content (AvgIpc) is 2.86. The highest BCUT2D eigenvalue weighted by Gasteiger charge is 2.28. The van der Waals surface area contributed by atoms with Crippen molar-refractivity contribution in [2.75, 3.05) is 13.1 Å². The summed E-state index contributed by atoms with van der Waals surface area (Å²) in [6, 6.07) is 0.511. The molecule has 1 aliphatic carbocycles. The molecule has 0 radical (unpaired) electrons. The Bertz CT molecular complexity index is 604. The van der Waals surface area contributed by atoms with E-state index in [9.17, 15) is 0 Å². The van der Waals surface area contributed by atoms with Crippen molar-refractivity contribution in [2.24, 2.45) is 0 Å². The Kier molecular flexibility index (Phi) is 3.40. The lowest BCUT2D eigenvalue weighted by Crippen LogP contribution is -2.20. The molecule has 0 N–H and O–H groups in total. The van der Waals surface area contributed by atoms with Crippen LogP contribution in [0.5, 0.6) is 0 Å². The fourth-order valence-electron chi connectivity index (χ4n) is 2.82. The van der Waals surface area contributed by atoms with E-state index in [0.29, 0.717) is 6.04 Å². The van der Waals surface area contributed by atoms with Gasteiger partial charge in [-0.25, -0.2) is 4.98 Å². The molecule has 2 fully saturated rings. The van der Waals surface area contributed by atoms with Gasteiger partial charge in [-0.2, -0.15) is 5.10 Å². The van der Waals surface area contributed by atoms with Crippen LogP contribution in [0.2, 0.25) is 0 Å². The Morgan fingerprint density at radius 1 is 1.30 bits per heavy atom. The van der Waals surface area contributed by atoms with Crippen molar-refractivity contribution in [2.45, 2.75) is 37.8 Å². The summed E-state index contributed by atoms with van der Waals surface area (Å²) in [6.45, 7) is 3.28. The third-order valence-corrected chi connectivity index (χ3v) is 5.62. The largest absolute Gasteiger partial charge is 0.296 e. The molecule has 2 aliphatic rings. The van der Waals surface area contributed by atoms with Crippen molar-refractivity contribution in [1.29, 1.82) is 0 Å². The summed E-state index contributed by atoms with van der Waals surface area (Å²) in [5.41, 5.74) is 0. The van der Waals surface area contributed by atoms with E-state index in [-0.39, 0.29) is 0 Å². The molecule has 1 aliphatic heterocycles. The van der Waals surface area contributed by atoms with Crippen LogP contribution >= 0.6 is 27.3 Å². The highest BCUT2D eigenvalue weighted by atomic mass is 79.9. The predicted octanol–water partition coefficient (Wildman–Crippen LogP) is 3.43. The van der Waals surface area contributed by atoms with Gasteiger partial charge < -0.3 is 0 Å². The summed E-state index contributed by atoms with van der Waals surface area (Å²) in [4.78, 5) is 8.50. The Labute approximate surface area is 130 Å². The van der Waals surface area contributed by atoms with E-state index in [2.05, 4.69) is 48.0 Å². The van der Waals surface area contributed by atoms with Crippen LogP contribution in [-0.4, -0.2) is 32.8 Å². The quantitative estimate of drug-likeness (QED) is 0.845. The number of nitrogens with zero attached hydrogens (tertiary/aromatic N) is 4. The minimum Gasteiger partial charge on any atom is -0.296 e. The van der Waals surface area contributed by atoms with E-state index in [1.807, 2.05) is 17.5 Å². The van der Waals surface area contributed by atoms with Crippen LogP contribution in [0.25, 0.3) is 0 Å². The first-order chi connectivity index (χ1) is 9.78. The lowest BCUT2D eigenvalue weighted by Gasteiger charge is -2.14. The zero-order chi connectivity index (χ0) is 13.5. The minimum atomic E-state index is 0.511. The zero-order valence-corrected chi connectivity index (χ0v) is 13.6. The topological polar surface area (TPSA) is 34.0 Å². The standard InChI is InChI=1S/C14H17BrN4S/c15-11-5-17-19(7-11)12-3-4-18(8-12)9-13-6-16-14(20-13)10-1-2-10/h5-7,10,12H,1-4,8-9H2. The van der Waals surface area contributed by atoms with Crippen molar-refractivity contribution in [3.8, 4) is 0 Å². The predicted molar refractivity (Wildman–Crippen MR) is 82.9 cm³/mol. The third-order valence-electron chi connectivity index (χ3n) is 4.07. The van der Waals surface area contributed by atoms with Crippen molar-refractivity contribution >= 4 is 27.3 Å². The van der Waals surface area contributed by atoms with Gasteiger partial charge in [-0.15, -0.1) is 11.3 Å². The lowest BCUT2D eigenvalue weighted by molar-refractivity contribution is 0.314. The molecule has 4 nitrogen and oxygen atoms in total. The molecular weight excluding hydrogens is 336 g/mol. The molecule has 20 heavy (non-hydrogen) atoms. The molecule has 2 aromatic rings. The molecule has 6 heteroatoms. The molecule has 106 valence electrons. The Balaban J connectivity index is 1.38. The maximum Gasteiger partial charge on any atom is 0.0959 e. The highest BCUT2D eigenvalue weighted by Crippen LogP contribution is 2.42. The van der Waals surface area contributed by atoms with Crippen LogP contribution in [0.1, 0.15) is 41.1 Å². The number of hydrogen-bond acceptors (Lipinski definition) is 4. The maximum atomic E-state index is 4.57. The molecule has 0 aromatic carbocycles. The Hall–Kier alpha value is -0.720. The lowest BCUT2D eigenvalue weighted by atomic mass is 10.3. The highest BCUT2D eigenvalue weighted by molar-refractivity contribution is 9.10. The van der Waals surface area contributed by atoms with Gasteiger partial charge in [0.2, 0.25) is 0 Å². The van der Waals surface area contributed by atoms with Gasteiger partial charge in [0.1, 0.15) is 0 Å². The molecule has 0 spiro atoms. The fraction of sp³-hybridized carbons (Fsp3) is 0.571. The van der Waals surface area contributed by atoms with E-state index in [4.69, 9.17) is 0 Å². The van der Waals surface area contributed by atoms with Gasteiger partial charge in [0.25, 0.3) is 0 Å². The first kappa shape index (κ1) is 13.0. The number of hydrogen-bond donors (Lipinski definition) is 0. The van der Waals surface area contributed by atoms with E-state index in [1.165, 1.54) is 29.1 Å². The molecule has 1 unspecified atom stereocenters. The fourth-order valence-corrected chi connectivity index (χ4v) is 4.25. The summed E-state index contributed by atoms with van der Waals surface area (Å²) >= 11 is 5.38. The Morgan fingerprint density at radius 2 is 2.20 bits per heavy atom. The normalized spacial score (nSPS) is 23.6. The minimum absolute atomic E-state index is 0.511. The molecule has 4 rings (SSSR count). The second-order valence-corrected chi connectivity index (χ2v) is 7.82. The summed E-state index contributed by atoms with van der Waals surface area (Å²) in [7, 11) is 0. The van der Waals surface area contributed by atoms with E-state index in [0.717, 1.165) is 30.0 Å². The number of halogens is 1. The van der Waals surface area contributed by atoms with Crippen LogP contribution in [0.4, 0.5) is 0 Å². The molecule has 1 saturated carbocycles. The van der Waals surface area contributed by atoms with Gasteiger partial charge in [-0.3, -0.25) is 9.58 Å². The van der Waals surface area contributed by atoms with Crippen molar-refractivity contribution in [3.63, 3.8) is 0 Å². The van der Waals surface area contributed by atoms with E-state index >= 15 is 0 Å². The van der Waals surface area contributed by atoms with E-state index in [1.54, 1.807) is 0 Å². The first-order valence-corrected chi connectivity index (χ1v) is 8.75. The van der Waals surface area contributed by atoms with Crippen LogP contribution in [0.3, 0.4) is 0 Å². The van der Waals surface area contributed by atoms with E-state index < -0.39 is 0 Å². The van der Waals surface area contributed by atoms with Crippen molar-refractivity contribution < 1.29 is 0 Å². The Morgan fingerprint density at radius 3 is 2.95 bits per heavy atom. The SMILES string of the molecule is Brc1cnn(C2CCN(Cc3cnc(C4CC4)s3)C2)c1. The van der Waals surface area contributed by atoms with Crippen LogP contribution in [0, 0.1) is 0 Å².